The zero-order chi connectivity index (χ0) is 15.5. The van der Waals surface area contributed by atoms with Gasteiger partial charge in [0.2, 0.25) is 5.91 Å². The second-order valence-electron chi connectivity index (χ2n) is 5.77. The van der Waals surface area contributed by atoms with Crippen LogP contribution < -0.4 is 11.1 Å². The van der Waals surface area contributed by atoms with Crippen molar-refractivity contribution in [1.29, 1.82) is 0 Å². The number of nitrogens with two attached hydrogens (primary N) is 1. The topological polar surface area (TPSA) is 72.9 Å². The number of hydrogen-bond acceptors (Lipinski definition) is 3. The minimum absolute atomic E-state index is 0. The van der Waals surface area contributed by atoms with Crippen LogP contribution >= 0.6 is 24.8 Å². The summed E-state index contributed by atoms with van der Waals surface area (Å²) >= 11 is 0. The lowest BCUT2D eigenvalue weighted by molar-refractivity contribution is -0.117. The van der Waals surface area contributed by atoms with E-state index in [1.807, 2.05) is 17.7 Å². The first-order chi connectivity index (χ1) is 10.7. The molecule has 1 heterocycles. The van der Waals surface area contributed by atoms with Gasteiger partial charge in [-0.2, -0.15) is 5.10 Å². The lowest BCUT2D eigenvalue weighted by atomic mass is 9.88. The van der Waals surface area contributed by atoms with E-state index in [2.05, 4.69) is 34.7 Å². The number of benzene rings is 1. The third kappa shape index (κ3) is 4.09. The third-order valence-corrected chi connectivity index (χ3v) is 4.33. The minimum atomic E-state index is -0.484. The lowest BCUT2D eigenvalue weighted by Crippen LogP contribution is -2.35. The normalized spacial score (nSPS) is 17.0. The number of rotatable bonds is 4. The molecule has 0 saturated heterocycles. The highest BCUT2D eigenvalue weighted by atomic mass is 35.5. The van der Waals surface area contributed by atoms with Gasteiger partial charge in [0.15, 0.2) is 0 Å². The first-order valence-corrected chi connectivity index (χ1v) is 7.88. The Labute approximate surface area is 154 Å². The molecule has 0 saturated carbocycles. The standard InChI is InChI=1S/C17H22N4O.2ClH/c1-2-14(18)17(22)20-16-10-11-19-21(16)15-9-5-7-12-6-3-4-8-13(12)15;;/h3-4,6,8,10-11,14-15H,2,5,7,9,18H2,1H3,(H,20,22);2*1H/t14-,15?;;/m0../s1. The number of nitrogens with one attached hydrogen (secondary N) is 1. The van der Waals surface area contributed by atoms with E-state index in [4.69, 9.17) is 5.73 Å². The van der Waals surface area contributed by atoms with Crippen LogP contribution in [0.25, 0.3) is 0 Å². The van der Waals surface area contributed by atoms with E-state index in [9.17, 15) is 4.79 Å². The van der Waals surface area contributed by atoms with Crippen molar-refractivity contribution in [2.75, 3.05) is 5.32 Å². The van der Waals surface area contributed by atoms with Crippen LogP contribution in [-0.4, -0.2) is 21.7 Å². The number of anilines is 1. The lowest BCUT2D eigenvalue weighted by Gasteiger charge is -2.27. The van der Waals surface area contributed by atoms with Crippen molar-refractivity contribution in [3.05, 3.63) is 47.7 Å². The molecular formula is C17H24Cl2N4O. The maximum absolute atomic E-state index is 12.0. The first kappa shape index (κ1) is 20.5. The van der Waals surface area contributed by atoms with Gasteiger partial charge in [-0.05, 0) is 36.8 Å². The van der Waals surface area contributed by atoms with Crippen molar-refractivity contribution in [3.8, 4) is 0 Å². The molecule has 7 heteroatoms. The van der Waals surface area contributed by atoms with Gasteiger partial charge in [-0.1, -0.05) is 31.2 Å². The summed E-state index contributed by atoms with van der Waals surface area (Å²) in [5, 5.41) is 7.34. The number of aromatic nitrogens is 2. The third-order valence-electron chi connectivity index (χ3n) is 4.33. The number of nitrogens with zero attached hydrogens (tertiary/aromatic N) is 2. The number of hydrogen-bond donors (Lipinski definition) is 2. The number of amides is 1. The molecule has 24 heavy (non-hydrogen) atoms. The fraction of sp³-hybridized carbons (Fsp3) is 0.412. The van der Waals surface area contributed by atoms with Gasteiger partial charge in [0.25, 0.3) is 0 Å². The van der Waals surface area contributed by atoms with E-state index >= 15 is 0 Å². The average Bonchev–Trinajstić information content (AvgIpc) is 3.01. The molecule has 1 aliphatic carbocycles. The zero-order valence-electron chi connectivity index (χ0n) is 13.6. The van der Waals surface area contributed by atoms with Crippen LogP contribution in [-0.2, 0) is 11.2 Å². The molecule has 3 N–H and O–H groups in total. The maximum atomic E-state index is 12.0. The van der Waals surface area contributed by atoms with Gasteiger partial charge in [0, 0.05) is 6.07 Å². The summed E-state index contributed by atoms with van der Waals surface area (Å²) in [6.07, 6.45) is 5.61. The van der Waals surface area contributed by atoms with Crippen LogP contribution in [0.4, 0.5) is 5.82 Å². The number of aryl methyl sites for hydroxylation is 1. The van der Waals surface area contributed by atoms with Crippen molar-refractivity contribution in [1.82, 2.24) is 9.78 Å². The first-order valence-electron chi connectivity index (χ1n) is 7.88. The van der Waals surface area contributed by atoms with Crippen molar-refractivity contribution in [2.24, 2.45) is 5.73 Å². The molecule has 0 bridgehead atoms. The Hall–Kier alpha value is -1.56. The summed E-state index contributed by atoms with van der Waals surface area (Å²) in [5.74, 6) is 0.559. The average molecular weight is 371 g/mol. The monoisotopic (exact) mass is 370 g/mol. The SMILES string of the molecule is CC[C@H](N)C(=O)Nc1ccnn1C1CCCc2ccccc21.Cl.Cl. The smallest absolute Gasteiger partial charge is 0.242 e. The van der Waals surface area contributed by atoms with Gasteiger partial charge in [-0.15, -0.1) is 24.8 Å². The van der Waals surface area contributed by atoms with Crippen molar-refractivity contribution in [3.63, 3.8) is 0 Å². The molecule has 1 unspecified atom stereocenters. The molecule has 1 aromatic carbocycles. The van der Waals surface area contributed by atoms with Crippen LogP contribution in [0.3, 0.4) is 0 Å². The Morgan fingerprint density at radius 2 is 2.12 bits per heavy atom. The molecule has 132 valence electrons. The zero-order valence-corrected chi connectivity index (χ0v) is 15.3. The van der Waals surface area contributed by atoms with E-state index in [-0.39, 0.29) is 36.8 Å². The van der Waals surface area contributed by atoms with Gasteiger partial charge < -0.3 is 11.1 Å². The number of halogens is 2. The highest BCUT2D eigenvalue weighted by molar-refractivity contribution is 5.93. The fourth-order valence-electron chi connectivity index (χ4n) is 3.05. The van der Waals surface area contributed by atoms with E-state index in [0.717, 1.165) is 25.1 Å². The van der Waals surface area contributed by atoms with E-state index in [1.54, 1.807) is 6.20 Å². The quantitative estimate of drug-likeness (QED) is 0.866. The minimum Gasteiger partial charge on any atom is -0.320 e. The summed E-state index contributed by atoms with van der Waals surface area (Å²) in [6.45, 7) is 1.90. The predicted octanol–water partition coefficient (Wildman–Crippen LogP) is 3.33. The van der Waals surface area contributed by atoms with Gasteiger partial charge in [0.1, 0.15) is 5.82 Å². The fourth-order valence-corrected chi connectivity index (χ4v) is 3.05. The summed E-state index contributed by atoms with van der Waals surface area (Å²) in [5.41, 5.74) is 8.47. The molecule has 2 aromatic rings. The Balaban J connectivity index is 0.00000144. The van der Waals surface area contributed by atoms with Crippen LogP contribution in [0.5, 0.6) is 0 Å². The highest BCUT2D eigenvalue weighted by Gasteiger charge is 2.24. The number of carbonyl (C=O) groups excluding carboxylic acids is 1. The van der Waals surface area contributed by atoms with Gasteiger partial charge in [-0.25, -0.2) is 4.68 Å². The predicted molar refractivity (Wildman–Crippen MR) is 101 cm³/mol. The maximum Gasteiger partial charge on any atom is 0.242 e. The van der Waals surface area contributed by atoms with E-state index in [0.29, 0.717) is 6.42 Å². The summed E-state index contributed by atoms with van der Waals surface area (Å²) in [4.78, 5) is 12.0. The second-order valence-corrected chi connectivity index (χ2v) is 5.77. The Morgan fingerprint density at radius 1 is 1.38 bits per heavy atom. The number of carbonyl (C=O) groups is 1. The van der Waals surface area contributed by atoms with E-state index < -0.39 is 6.04 Å². The molecule has 0 aliphatic heterocycles. The van der Waals surface area contributed by atoms with Gasteiger partial charge in [0.05, 0.1) is 18.3 Å². The molecule has 1 aromatic heterocycles. The van der Waals surface area contributed by atoms with E-state index in [1.165, 1.54) is 11.1 Å². The molecule has 5 nitrogen and oxygen atoms in total. The van der Waals surface area contributed by atoms with Crippen LogP contribution in [0.15, 0.2) is 36.5 Å². The number of fused-ring (bicyclic) bond motifs is 1. The van der Waals surface area contributed by atoms with Crippen molar-refractivity contribution in [2.45, 2.75) is 44.7 Å². The summed E-state index contributed by atoms with van der Waals surface area (Å²) < 4.78 is 1.91. The van der Waals surface area contributed by atoms with Crippen LogP contribution in [0, 0.1) is 0 Å². The molecule has 1 amide bonds. The van der Waals surface area contributed by atoms with Gasteiger partial charge in [-0.3, -0.25) is 4.79 Å². The van der Waals surface area contributed by atoms with Crippen LogP contribution in [0.1, 0.15) is 43.4 Å². The van der Waals surface area contributed by atoms with Gasteiger partial charge >= 0.3 is 0 Å². The molecule has 2 atom stereocenters. The van der Waals surface area contributed by atoms with Crippen molar-refractivity contribution < 1.29 is 4.79 Å². The molecule has 0 radical (unpaired) electrons. The molecule has 0 fully saturated rings. The Morgan fingerprint density at radius 3 is 2.88 bits per heavy atom. The van der Waals surface area contributed by atoms with Crippen LogP contribution in [0.2, 0.25) is 0 Å². The summed E-state index contributed by atoms with van der Waals surface area (Å²) in [7, 11) is 0. The second kappa shape index (κ2) is 9.06. The Kier molecular flexibility index (Phi) is 7.73. The molecular weight excluding hydrogens is 347 g/mol. The Bertz CT molecular complexity index is 674. The summed E-state index contributed by atoms with van der Waals surface area (Å²) in [6, 6.07) is 9.99. The largest absolute Gasteiger partial charge is 0.320 e. The van der Waals surface area contributed by atoms with Crippen molar-refractivity contribution >= 4 is 36.5 Å². The molecule has 0 spiro atoms. The molecule has 3 rings (SSSR count). The highest BCUT2D eigenvalue weighted by Crippen LogP contribution is 2.34. The molecule has 1 aliphatic rings.